The molecule has 8 heteroatoms. The quantitative estimate of drug-likeness (QED) is 0.236. The molecule has 218 valence electrons. The van der Waals surface area contributed by atoms with Crippen molar-refractivity contribution < 1.29 is 14.3 Å². The van der Waals surface area contributed by atoms with E-state index in [9.17, 15) is 9.59 Å². The normalized spacial score (nSPS) is 17.3. The van der Waals surface area contributed by atoms with Crippen LogP contribution in [0.15, 0.2) is 72.8 Å². The number of aromatic nitrogens is 1. The second kappa shape index (κ2) is 13.1. The highest BCUT2D eigenvalue weighted by Crippen LogP contribution is 2.26. The Morgan fingerprint density at radius 3 is 2.15 bits per heavy atom. The second-order valence-electron chi connectivity index (χ2n) is 12.2. The zero-order valence-electron chi connectivity index (χ0n) is 24.8. The molecule has 1 fully saturated rings. The molecule has 1 heterocycles. The third-order valence-corrected chi connectivity index (χ3v) is 7.17. The van der Waals surface area contributed by atoms with Gasteiger partial charge in [0.25, 0.3) is 5.91 Å². The Kier molecular flexibility index (Phi) is 9.53. The largest absolute Gasteiger partial charge is 0.444 e. The van der Waals surface area contributed by atoms with Crippen LogP contribution in [0.25, 0.3) is 0 Å². The first-order valence-electron chi connectivity index (χ1n) is 14.4. The second-order valence-corrected chi connectivity index (χ2v) is 12.2. The SMILES string of the molecule is CC(C)(C)OC(=O)N[C@H]1CCCCC1Nc1ccc(C(=O)NC(C)(C)c2ccccc2)c(NCc2ccccc2)n1. The predicted octanol–water partition coefficient (Wildman–Crippen LogP) is 6.61. The highest BCUT2D eigenvalue weighted by atomic mass is 16.6. The van der Waals surface area contributed by atoms with E-state index >= 15 is 0 Å². The Hall–Kier alpha value is -4.07. The third kappa shape index (κ3) is 8.71. The summed E-state index contributed by atoms with van der Waals surface area (Å²) in [4.78, 5) is 30.9. The van der Waals surface area contributed by atoms with Gasteiger partial charge in [0.15, 0.2) is 0 Å². The minimum atomic E-state index is -0.575. The third-order valence-electron chi connectivity index (χ3n) is 7.17. The molecule has 1 aromatic heterocycles. The molecular formula is C33H43N5O3. The van der Waals surface area contributed by atoms with E-state index in [1.54, 1.807) is 6.07 Å². The van der Waals surface area contributed by atoms with Crippen LogP contribution in [-0.2, 0) is 16.8 Å². The molecule has 3 aromatic rings. The summed E-state index contributed by atoms with van der Waals surface area (Å²) in [5, 5.41) is 13.1. The molecule has 1 aliphatic rings. The van der Waals surface area contributed by atoms with Crippen molar-refractivity contribution in [1.29, 1.82) is 0 Å². The van der Waals surface area contributed by atoms with Crippen molar-refractivity contribution in [2.75, 3.05) is 10.6 Å². The van der Waals surface area contributed by atoms with Crippen molar-refractivity contribution in [2.45, 2.75) is 90.1 Å². The maximum Gasteiger partial charge on any atom is 0.407 e. The average Bonchev–Trinajstić information content (AvgIpc) is 2.93. The fourth-order valence-electron chi connectivity index (χ4n) is 5.04. The number of hydrogen-bond donors (Lipinski definition) is 4. The lowest BCUT2D eigenvalue weighted by molar-refractivity contribution is 0.0488. The molecule has 0 spiro atoms. The zero-order valence-corrected chi connectivity index (χ0v) is 24.8. The van der Waals surface area contributed by atoms with Gasteiger partial charge in [0.2, 0.25) is 0 Å². The summed E-state index contributed by atoms with van der Waals surface area (Å²) in [6.07, 6.45) is 3.42. The van der Waals surface area contributed by atoms with Crippen LogP contribution in [-0.4, -0.2) is 34.7 Å². The van der Waals surface area contributed by atoms with E-state index in [1.807, 2.05) is 101 Å². The molecule has 0 bridgehead atoms. The fraction of sp³-hybridized carbons (Fsp3) is 0.424. The number of carbonyl (C=O) groups excluding carboxylic acids is 2. The van der Waals surface area contributed by atoms with Gasteiger partial charge >= 0.3 is 6.09 Å². The first-order valence-corrected chi connectivity index (χ1v) is 14.4. The molecule has 8 nitrogen and oxygen atoms in total. The number of anilines is 2. The van der Waals surface area contributed by atoms with Crippen molar-refractivity contribution in [3.8, 4) is 0 Å². The Morgan fingerprint density at radius 1 is 0.854 bits per heavy atom. The Balaban J connectivity index is 1.54. The van der Waals surface area contributed by atoms with Crippen molar-refractivity contribution in [2.24, 2.45) is 0 Å². The topological polar surface area (TPSA) is 104 Å². The molecule has 4 rings (SSSR count). The summed E-state index contributed by atoms with van der Waals surface area (Å²) in [6, 6.07) is 23.4. The van der Waals surface area contributed by atoms with Crippen LogP contribution in [0, 0.1) is 0 Å². The molecule has 2 atom stereocenters. The summed E-state index contributed by atoms with van der Waals surface area (Å²) < 4.78 is 5.50. The molecule has 1 saturated carbocycles. The summed E-state index contributed by atoms with van der Waals surface area (Å²) >= 11 is 0. The lowest BCUT2D eigenvalue weighted by Gasteiger charge is -2.34. The smallest absolute Gasteiger partial charge is 0.407 e. The molecule has 0 radical (unpaired) electrons. The van der Waals surface area contributed by atoms with Gasteiger partial charge in [-0.2, -0.15) is 0 Å². The van der Waals surface area contributed by atoms with Crippen molar-refractivity contribution in [3.05, 3.63) is 89.5 Å². The molecule has 0 aliphatic heterocycles. The number of rotatable bonds is 9. The lowest BCUT2D eigenvalue weighted by Crippen LogP contribution is -2.49. The number of carbonyl (C=O) groups is 2. The van der Waals surface area contributed by atoms with Crippen LogP contribution >= 0.6 is 0 Å². The molecule has 1 unspecified atom stereocenters. The van der Waals surface area contributed by atoms with E-state index < -0.39 is 17.2 Å². The van der Waals surface area contributed by atoms with Gasteiger partial charge in [0.1, 0.15) is 17.2 Å². The molecule has 4 N–H and O–H groups in total. The maximum absolute atomic E-state index is 13.6. The number of pyridine rings is 1. The van der Waals surface area contributed by atoms with E-state index in [1.165, 1.54) is 0 Å². The first kappa shape index (κ1) is 29.9. The predicted molar refractivity (Wildman–Crippen MR) is 164 cm³/mol. The van der Waals surface area contributed by atoms with Gasteiger partial charge in [0.05, 0.1) is 17.1 Å². The number of alkyl carbamates (subject to hydrolysis) is 1. The van der Waals surface area contributed by atoms with Crippen LogP contribution < -0.4 is 21.3 Å². The zero-order chi connectivity index (χ0) is 29.5. The van der Waals surface area contributed by atoms with Gasteiger partial charge in [-0.1, -0.05) is 73.5 Å². The van der Waals surface area contributed by atoms with Gasteiger partial charge in [-0.25, -0.2) is 9.78 Å². The summed E-state index contributed by atoms with van der Waals surface area (Å²) in [7, 11) is 0. The number of ether oxygens (including phenoxy) is 1. The van der Waals surface area contributed by atoms with Gasteiger partial charge < -0.3 is 26.0 Å². The van der Waals surface area contributed by atoms with Crippen molar-refractivity contribution in [1.82, 2.24) is 15.6 Å². The first-order chi connectivity index (χ1) is 19.5. The van der Waals surface area contributed by atoms with Crippen molar-refractivity contribution in [3.63, 3.8) is 0 Å². The average molecular weight is 558 g/mol. The standard InChI is InChI=1S/C33H43N5O3/c1-32(2,3)41-31(40)36-27-19-13-12-18-26(27)35-28-21-20-25(29(37-28)34-22-23-14-8-6-9-15-23)30(39)38-33(4,5)24-16-10-7-11-17-24/h6-11,14-17,20-21,26-27H,12-13,18-19,22H2,1-5H3,(H,36,40)(H,38,39)(H2,34,35,37)/t26?,27-/m0/s1. The molecular weight excluding hydrogens is 514 g/mol. The van der Waals surface area contributed by atoms with Crippen LogP contribution in [0.1, 0.15) is 81.8 Å². The van der Waals surface area contributed by atoms with E-state index in [0.717, 1.165) is 36.8 Å². The van der Waals surface area contributed by atoms with E-state index in [2.05, 4.69) is 21.3 Å². The minimum Gasteiger partial charge on any atom is -0.444 e. The van der Waals surface area contributed by atoms with Gasteiger partial charge in [-0.3, -0.25) is 4.79 Å². The summed E-state index contributed by atoms with van der Waals surface area (Å²) in [5.41, 5.74) is 1.42. The van der Waals surface area contributed by atoms with Gasteiger partial charge in [-0.05, 0) is 70.7 Å². The maximum atomic E-state index is 13.6. The minimum absolute atomic E-state index is 0.0116. The Bertz CT molecular complexity index is 1310. The highest BCUT2D eigenvalue weighted by molar-refractivity contribution is 5.99. The highest BCUT2D eigenvalue weighted by Gasteiger charge is 2.29. The molecule has 2 amide bonds. The van der Waals surface area contributed by atoms with Gasteiger partial charge in [0, 0.05) is 12.6 Å². The fourth-order valence-corrected chi connectivity index (χ4v) is 5.04. The molecule has 1 aliphatic carbocycles. The van der Waals surface area contributed by atoms with Crippen molar-refractivity contribution >= 4 is 23.6 Å². The number of amides is 2. The molecule has 0 saturated heterocycles. The number of nitrogens with zero attached hydrogens (tertiary/aromatic N) is 1. The molecule has 41 heavy (non-hydrogen) atoms. The Morgan fingerprint density at radius 2 is 1.49 bits per heavy atom. The van der Waals surface area contributed by atoms with Crippen LogP contribution in [0.2, 0.25) is 0 Å². The van der Waals surface area contributed by atoms with Crippen LogP contribution in [0.5, 0.6) is 0 Å². The van der Waals surface area contributed by atoms with Gasteiger partial charge in [-0.15, -0.1) is 0 Å². The summed E-state index contributed by atoms with van der Waals surface area (Å²) in [6.45, 7) is 10.1. The lowest BCUT2D eigenvalue weighted by atomic mass is 9.90. The van der Waals surface area contributed by atoms with E-state index in [4.69, 9.17) is 9.72 Å². The number of benzene rings is 2. The van der Waals surface area contributed by atoms with E-state index in [-0.39, 0.29) is 18.0 Å². The molecule has 2 aromatic carbocycles. The monoisotopic (exact) mass is 557 g/mol. The summed E-state index contributed by atoms with van der Waals surface area (Å²) in [5.74, 6) is 0.922. The Labute approximate surface area is 243 Å². The number of hydrogen-bond acceptors (Lipinski definition) is 6. The van der Waals surface area contributed by atoms with Crippen LogP contribution in [0.4, 0.5) is 16.4 Å². The van der Waals surface area contributed by atoms with Crippen LogP contribution in [0.3, 0.4) is 0 Å². The van der Waals surface area contributed by atoms with E-state index in [0.29, 0.717) is 23.7 Å². The number of nitrogens with one attached hydrogen (secondary N) is 4.